The molecule has 1 aromatic rings. The van der Waals surface area contributed by atoms with E-state index in [4.69, 9.17) is 14.7 Å². The van der Waals surface area contributed by atoms with Gasteiger partial charge in [-0.1, -0.05) is 38.3 Å². The Hall–Kier alpha value is -1.53. The highest BCUT2D eigenvalue weighted by Gasteiger charge is 2.23. The van der Waals surface area contributed by atoms with Gasteiger partial charge in [0.1, 0.15) is 12.4 Å². The number of ether oxygens (including phenoxy) is 2. The first-order valence-corrected chi connectivity index (χ1v) is 8.03. The molecule has 1 aromatic carbocycles. The van der Waals surface area contributed by atoms with E-state index in [9.17, 15) is 0 Å². The van der Waals surface area contributed by atoms with Crippen LogP contribution < -0.4 is 4.74 Å². The van der Waals surface area contributed by atoms with Gasteiger partial charge in [-0.15, -0.1) is 0 Å². The van der Waals surface area contributed by atoms with Crippen molar-refractivity contribution < 1.29 is 9.47 Å². The number of nitrogens with zero attached hydrogens (tertiary/aromatic N) is 1. The van der Waals surface area contributed by atoms with Crippen molar-refractivity contribution in [2.75, 3.05) is 13.2 Å². The Morgan fingerprint density at radius 2 is 1.90 bits per heavy atom. The van der Waals surface area contributed by atoms with Crippen LogP contribution in [0, 0.1) is 17.2 Å². The van der Waals surface area contributed by atoms with E-state index >= 15 is 0 Å². The summed E-state index contributed by atoms with van der Waals surface area (Å²) in [6.07, 6.45) is 7.23. The average Bonchev–Trinajstić information content (AvgIpc) is 2.54. The number of benzene rings is 1. The summed E-state index contributed by atoms with van der Waals surface area (Å²) in [4.78, 5) is 0. The molecule has 2 unspecified atom stereocenters. The molecule has 0 saturated heterocycles. The number of hydrogen-bond acceptors (Lipinski definition) is 3. The van der Waals surface area contributed by atoms with E-state index in [-0.39, 0.29) is 0 Å². The maximum atomic E-state index is 8.63. The second kappa shape index (κ2) is 8.69. The molecule has 3 heteroatoms. The SMILES string of the molecule is CCC1CCCCC1OCCOc1ccc(CC#N)cc1. The lowest BCUT2D eigenvalue weighted by Gasteiger charge is -2.30. The minimum absolute atomic E-state index is 0.422. The molecule has 1 aliphatic rings. The quantitative estimate of drug-likeness (QED) is 0.708. The molecular weight excluding hydrogens is 262 g/mol. The maximum Gasteiger partial charge on any atom is 0.119 e. The predicted octanol–water partition coefficient (Wildman–Crippen LogP) is 4.12. The highest BCUT2D eigenvalue weighted by Crippen LogP contribution is 2.29. The van der Waals surface area contributed by atoms with Crippen molar-refractivity contribution in [3.8, 4) is 11.8 Å². The predicted molar refractivity (Wildman–Crippen MR) is 83.2 cm³/mol. The van der Waals surface area contributed by atoms with Gasteiger partial charge in [0.2, 0.25) is 0 Å². The summed E-state index contributed by atoms with van der Waals surface area (Å²) in [5.74, 6) is 1.57. The number of hydrogen-bond donors (Lipinski definition) is 0. The summed E-state index contributed by atoms with van der Waals surface area (Å²) in [5, 5.41) is 8.63. The van der Waals surface area contributed by atoms with Crippen molar-refractivity contribution >= 4 is 0 Å². The maximum absolute atomic E-state index is 8.63. The molecule has 1 aliphatic carbocycles. The molecule has 0 bridgehead atoms. The molecule has 1 fully saturated rings. The first kappa shape index (κ1) is 15.9. The van der Waals surface area contributed by atoms with E-state index in [0.29, 0.717) is 25.7 Å². The largest absolute Gasteiger partial charge is 0.491 e. The van der Waals surface area contributed by atoms with Crippen molar-refractivity contribution in [1.29, 1.82) is 5.26 Å². The fraction of sp³-hybridized carbons (Fsp3) is 0.611. The van der Waals surface area contributed by atoms with E-state index in [1.165, 1.54) is 32.1 Å². The lowest BCUT2D eigenvalue weighted by Crippen LogP contribution is -2.28. The van der Waals surface area contributed by atoms with E-state index in [0.717, 1.165) is 17.2 Å². The van der Waals surface area contributed by atoms with Gasteiger partial charge in [0, 0.05) is 0 Å². The van der Waals surface area contributed by atoms with Crippen LogP contribution in [0.3, 0.4) is 0 Å². The summed E-state index contributed by atoms with van der Waals surface area (Å²) in [5.41, 5.74) is 1.02. The smallest absolute Gasteiger partial charge is 0.119 e. The van der Waals surface area contributed by atoms with Crippen LogP contribution in [0.4, 0.5) is 0 Å². The third-order valence-electron chi connectivity index (χ3n) is 4.25. The lowest BCUT2D eigenvalue weighted by atomic mass is 9.85. The molecule has 0 spiro atoms. The van der Waals surface area contributed by atoms with Crippen molar-refractivity contribution in [2.24, 2.45) is 5.92 Å². The van der Waals surface area contributed by atoms with Crippen LogP contribution in [0.1, 0.15) is 44.6 Å². The Balaban J connectivity index is 1.68. The van der Waals surface area contributed by atoms with Crippen LogP contribution >= 0.6 is 0 Å². The normalized spacial score (nSPS) is 21.7. The van der Waals surface area contributed by atoms with Crippen molar-refractivity contribution in [3.63, 3.8) is 0 Å². The summed E-state index contributed by atoms with van der Waals surface area (Å²) < 4.78 is 11.7. The molecule has 0 aliphatic heterocycles. The number of nitriles is 1. The highest BCUT2D eigenvalue weighted by atomic mass is 16.5. The molecule has 114 valence electrons. The summed E-state index contributed by atoms with van der Waals surface area (Å²) >= 11 is 0. The Labute approximate surface area is 127 Å². The Bertz CT molecular complexity index is 449. The molecule has 0 amide bonds. The second-order valence-corrected chi connectivity index (χ2v) is 5.69. The summed E-state index contributed by atoms with van der Waals surface area (Å²) in [7, 11) is 0. The fourth-order valence-corrected chi connectivity index (χ4v) is 3.01. The molecule has 0 aromatic heterocycles. The first-order chi connectivity index (χ1) is 10.3. The zero-order valence-corrected chi connectivity index (χ0v) is 12.9. The molecule has 1 saturated carbocycles. The van der Waals surface area contributed by atoms with Crippen molar-refractivity contribution in [1.82, 2.24) is 0 Å². The zero-order chi connectivity index (χ0) is 14.9. The standard InChI is InChI=1S/C18H25NO2/c1-2-16-5-3-4-6-18(16)21-14-13-20-17-9-7-15(8-10-17)11-12-19/h7-10,16,18H,2-6,11,13-14H2,1H3. The Morgan fingerprint density at radius 1 is 1.14 bits per heavy atom. The monoisotopic (exact) mass is 287 g/mol. The third kappa shape index (κ3) is 5.06. The highest BCUT2D eigenvalue weighted by molar-refractivity contribution is 5.28. The molecule has 3 nitrogen and oxygen atoms in total. The topological polar surface area (TPSA) is 42.2 Å². The van der Waals surface area contributed by atoms with Gasteiger partial charge in [0.05, 0.1) is 25.2 Å². The van der Waals surface area contributed by atoms with E-state index < -0.39 is 0 Å². The van der Waals surface area contributed by atoms with Crippen LogP contribution in [0.15, 0.2) is 24.3 Å². The minimum atomic E-state index is 0.422. The van der Waals surface area contributed by atoms with Crippen molar-refractivity contribution in [2.45, 2.75) is 51.6 Å². The van der Waals surface area contributed by atoms with Crippen LogP contribution in [-0.2, 0) is 11.2 Å². The van der Waals surface area contributed by atoms with Crippen LogP contribution in [0.2, 0.25) is 0 Å². The number of rotatable bonds is 7. The second-order valence-electron chi connectivity index (χ2n) is 5.69. The molecule has 0 heterocycles. The van der Waals surface area contributed by atoms with Gasteiger partial charge in [-0.05, 0) is 36.5 Å². The lowest BCUT2D eigenvalue weighted by molar-refractivity contribution is -0.0228. The van der Waals surface area contributed by atoms with E-state index in [2.05, 4.69) is 13.0 Å². The van der Waals surface area contributed by atoms with Gasteiger partial charge in [0.15, 0.2) is 0 Å². The molecule has 2 rings (SSSR count). The van der Waals surface area contributed by atoms with E-state index in [1.807, 2.05) is 24.3 Å². The van der Waals surface area contributed by atoms with Crippen LogP contribution in [0.25, 0.3) is 0 Å². The van der Waals surface area contributed by atoms with Gasteiger partial charge in [-0.3, -0.25) is 0 Å². The van der Waals surface area contributed by atoms with Crippen molar-refractivity contribution in [3.05, 3.63) is 29.8 Å². The molecule has 0 radical (unpaired) electrons. The van der Waals surface area contributed by atoms with Crippen LogP contribution in [0.5, 0.6) is 5.75 Å². The molecule has 2 atom stereocenters. The van der Waals surface area contributed by atoms with Gasteiger partial charge in [-0.25, -0.2) is 0 Å². The van der Waals surface area contributed by atoms with Gasteiger partial charge in [-0.2, -0.15) is 5.26 Å². The fourth-order valence-electron chi connectivity index (χ4n) is 3.01. The molecule has 0 N–H and O–H groups in total. The minimum Gasteiger partial charge on any atom is -0.491 e. The van der Waals surface area contributed by atoms with Gasteiger partial charge in [0.25, 0.3) is 0 Å². The molecule has 21 heavy (non-hydrogen) atoms. The Morgan fingerprint density at radius 3 is 2.62 bits per heavy atom. The first-order valence-electron chi connectivity index (χ1n) is 8.03. The van der Waals surface area contributed by atoms with Gasteiger partial charge >= 0.3 is 0 Å². The third-order valence-corrected chi connectivity index (χ3v) is 4.25. The van der Waals surface area contributed by atoms with Crippen LogP contribution in [-0.4, -0.2) is 19.3 Å². The average molecular weight is 287 g/mol. The van der Waals surface area contributed by atoms with Gasteiger partial charge < -0.3 is 9.47 Å². The Kier molecular flexibility index (Phi) is 6.56. The summed E-state index contributed by atoms with van der Waals surface area (Å²) in [6.45, 7) is 3.50. The zero-order valence-electron chi connectivity index (χ0n) is 12.9. The molecular formula is C18H25NO2. The summed E-state index contributed by atoms with van der Waals surface area (Å²) in [6, 6.07) is 9.85. The van der Waals surface area contributed by atoms with E-state index in [1.54, 1.807) is 0 Å².